The molecule has 1 aromatic rings. The molecule has 1 rings (SSSR count). The molecule has 0 bridgehead atoms. The minimum absolute atomic E-state index is 0.372. The molecular weight excluding hydrogens is 338 g/mol. The van der Waals surface area contributed by atoms with Crippen LogP contribution in [0.2, 0.25) is 0 Å². The molecule has 0 aliphatic heterocycles. The zero-order valence-corrected chi connectivity index (χ0v) is 12.2. The Bertz CT molecular complexity index is 405. The summed E-state index contributed by atoms with van der Waals surface area (Å²) >= 11 is 6.77. The average molecular weight is 351 g/mol. The van der Waals surface area contributed by atoms with E-state index in [0.717, 1.165) is 14.6 Å². The largest absolute Gasteiger partial charge is 0.481 e. The Morgan fingerprint density at radius 1 is 1.44 bits per heavy atom. The first-order valence-electron chi connectivity index (χ1n) is 4.75. The Kier molecular flexibility index (Phi) is 4.38. The highest BCUT2D eigenvalue weighted by Gasteiger charge is 2.26. The van der Waals surface area contributed by atoms with Gasteiger partial charge in [-0.2, -0.15) is 0 Å². The van der Waals surface area contributed by atoms with Crippen molar-refractivity contribution in [2.45, 2.75) is 13.8 Å². The summed E-state index contributed by atoms with van der Waals surface area (Å²) in [6, 6.07) is 5.72. The van der Waals surface area contributed by atoms with Gasteiger partial charge < -0.3 is 10.4 Å². The Morgan fingerprint density at radius 3 is 2.62 bits per heavy atom. The number of carbonyl (C=O) groups is 1. The average Bonchev–Trinajstić information content (AvgIpc) is 2.19. The molecule has 0 saturated heterocycles. The molecule has 5 heteroatoms. The van der Waals surface area contributed by atoms with Crippen LogP contribution in [0.15, 0.2) is 27.1 Å². The van der Waals surface area contributed by atoms with Crippen molar-refractivity contribution in [2.75, 3.05) is 11.9 Å². The third kappa shape index (κ3) is 3.49. The summed E-state index contributed by atoms with van der Waals surface area (Å²) in [5.41, 5.74) is 0.0885. The van der Waals surface area contributed by atoms with Crippen molar-refractivity contribution in [3.63, 3.8) is 0 Å². The van der Waals surface area contributed by atoms with E-state index in [1.54, 1.807) is 13.8 Å². The van der Waals surface area contributed by atoms with Crippen LogP contribution in [-0.2, 0) is 4.79 Å². The molecule has 2 N–H and O–H groups in total. The van der Waals surface area contributed by atoms with E-state index in [4.69, 9.17) is 5.11 Å². The maximum Gasteiger partial charge on any atom is 0.310 e. The maximum absolute atomic E-state index is 10.9. The first kappa shape index (κ1) is 13.5. The van der Waals surface area contributed by atoms with Gasteiger partial charge in [0.2, 0.25) is 0 Å². The smallest absolute Gasteiger partial charge is 0.310 e. The SMILES string of the molecule is CC(C)(CNc1cc(Br)ccc1Br)C(=O)O. The lowest BCUT2D eigenvalue weighted by molar-refractivity contribution is -0.146. The molecule has 0 heterocycles. The molecule has 0 aliphatic rings. The summed E-state index contributed by atoms with van der Waals surface area (Å²) < 4.78 is 1.86. The van der Waals surface area contributed by atoms with E-state index in [1.807, 2.05) is 18.2 Å². The molecule has 0 saturated carbocycles. The normalized spacial score (nSPS) is 11.2. The zero-order chi connectivity index (χ0) is 12.3. The molecule has 0 radical (unpaired) electrons. The highest BCUT2D eigenvalue weighted by molar-refractivity contribution is 9.11. The van der Waals surface area contributed by atoms with Gasteiger partial charge in [-0.05, 0) is 48.0 Å². The summed E-state index contributed by atoms with van der Waals surface area (Å²) in [5.74, 6) is -0.814. The minimum atomic E-state index is -0.814. The van der Waals surface area contributed by atoms with Crippen molar-refractivity contribution in [2.24, 2.45) is 5.41 Å². The summed E-state index contributed by atoms with van der Waals surface area (Å²) in [5, 5.41) is 12.1. The van der Waals surface area contributed by atoms with E-state index in [-0.39, 0.29) is 0 Å². The van der Waals surface area contributed by atoms with Crippen molar-refractivity contribution in [3.8, 4) is 0 Å². The van der Waals surface area contributed by atoms with Crippen LogP contribution in [0.3, 0.4) is 0 Å². The van der Waals surface area contributed by atoms with Gasteiger partial charge in [0.1, 0.15) is 0 Å². The van der Waals surface area contributed by atoms with Gasteiger partial charge in [-0.3, -0.25) is 4.79 Å². The fraction of sp³-hybridized carbons (Fsp3) is 0.364. The molecule has 0 fully saturated rings. The van der Waals surface area contributed by atoms with Crippen LogP contribution in [0.5, 0.6) is 0 Å². The predicted octanol–water partition coefficient (Wildman–Crippen LogP) is 3.73. The zero-order valence-electron chi connectivity index (χ0n) is 9.05. The lowest BCUT2D eigenvalue weighted by Crippen LogP contribution is -2.31. The number of carboxylic acid groups (broad SMARTS) is 1. The number of halogens is 2. The number of carboxylic acids is 1. The summed E-state index contributed by atoms with van der Waals surface area (Å²) in [7, 11) is 0. The van der Waals surface area contributed by atoms with Crippen LogP contribution >= 0.6 is 31.9 Å². The number of rotatable bonds is 4. The highest BCUT2D eigenvalue weighted by atomic mass is 79.9. The second-order valence-electron chi connectivity index (χ2n) is 4.17. The van der Waals surface area contributed by atoms with E-state index in [0.29, 0.717) is 6.54 Å². The van der Waals surface area contributed by atoms with Gasteiger partial charge in [-0.15, -0.1) is 0 Å². The lowest BCUT2D eigenvalue weighted by atomic mass is 9.94. The molecule has 1 aromatic carbocycles. The molecule has 88 valence electrons. The molecule has 16 heavy (non-hydrogen) atoms. The van der Waals surface area contributed by atoms with Crippen molar-refractivity contribution in [1.29, 1.82) is 0 Å². The van der Waals surface area contributed by atoms with Crippen LogP contribution in [-0.4, -0.2) is 17.6 Å². The second-order valence-corrected chi connectivity index (χ2v) is 5.94. The summed E-state index contributed by atoms with van der Waals surface area (Å²) in [4.78, 5) is 10.9. The number of hydrogen-bond acceptors (Lipinski definition) is 2. The predicted molar refractivity (Wildman–Crippen MR) is 71.7 cm³/mol. The number of hydrogen-bond donors (Lipinski definition) is 2. The third-order valence-corrected chi connectivity index (χ3v) is 3.41. The number of nitrogens with one attached hydrogen (secondary N) is 1. The summed E-state index contributed by atoms with van der Waals surface area (Å²) in [6.07, 6.45) is 0. The first-order chi connectivity index (χ1) is 7.33. The van der Waals surface area contributed by atoms with Crippen LogP contribution in [0.1, 0.15) is 13.8 Å². The highest BCUT2D eigenvalue weighted by Crippen LogP contribution is 2.27. The fourth-order valence-corrected chi connectivity index (χ4v) is 1.77. The second kappa shape index (κ2) is 5.19. The quantitative estimate of drug-likeness (QED) is 0.869. The van der Waals surface area contributed by atoms with Gasteiger partial charge in [-0.1, -0.05) is 15.9 Å². The van der Waals surface area contributed by atoms with Crippen molar-refractivity contribution in [3.05, 3.63) is 27.1 Å². The molecule has 0 amide bonds. The standard InChI is InChI=1S/C11H13Br2NO2/c1-11(2,10(15)16)6-14-9-5-7(12)3-4-8(9)13/h3-5,14H,6H2,1-2H3,(H,15,16). The van der Waals surface area contributed by atoms with Gasteiger partial charge in [-0.25, -0.2) is 0 Å². The molecule has 0 aliphatic carbocycles. The number of aliphatic carboxylic acids is 1. The van der Waals surface area contributed by atoms with Gasteiger partial charge in [0, 0.05) is 21.2 Å². The number of benzene rings is 1. The minimum Gasteiger partial charge on any atom is -0.481 e. The monoisotopic (exact) mass is 349 g/mol. The van der Waals surface area contributed by atoms with Crippen LogP contribution in [0.4, 0.5) is 5.69 Å². The molecular formula is C11H13Br2NO2. The van der Waals surface area contributed by atoms with Gasteiger partial charge in [0.05, 0.1) is 5.41 Å². The molecule has 0 atom stereocenters. The Labute approximate surface area is 111 Å². The molecule has 3 nitrogen and oxygen atoms in total. The van der Waals surface area contributed by atoms with E-state index in [2.05, 4.69) is 37.2 Å². The third-order valence-electron chi connectivity index (χ3n) is 2.23. The van der Waals surface area contributed by atoms with E-state index < -0.39 is 11.4 Å². The van der Waals surface area contributed by atoms with Crippen molar-refractivity contribution in [1.82, 2.24) is 0 Å². The maximum atomic E-state index is 10.9. The summed E-state index contributed by atoms with van der Waals surface area (Å²) in [6.45, 7) is 3.75. The Morgan fingerprint density at radius 2 is 2.06 bits per heavy atom. The fourth-order valence-electron chi connectivity index (χ4n) is 1.02. The van der Waals surface area contributed by atoms with E-state index >= 15 is 0 Å². The first-order valence-corrected chi connectivity index (χ1v) is 6.34. The van der Waals surface area contributed by atoms with Crippen molar-refractivity contribution < 1.29 is 9.90 Å². The van der Waals surface area contributed by atoms with Crippen LogP contribution in [0, 0.1) is 5.41 Å². The molecule has 0 unspecified atom stereocenters. The van der Waals surface area contributed by atoms with Crippen LogP contribution in [0.25, 0.3) is 0 Å². The lowest BCUT2D eigenvalue weighted by Gasteiger charge is -2.20. The van der Waals surface area contributed by atoms with Crippen molar-refractivity contribution >= 4 is 43.5 Å². The molecule has 0 aromatic heterocycles. The Balaban J connectivity index is 2.75. The van der Waals surface area contributed by atoms with Gasteiger partial charge in [0.25, 0.3) is 0 Å². The topological polar surface area (TPSA) is 49.3 Å². The van der Waals surface area contributed by atoms with Gasteiger partial charge >= 0.3 is 5.97 Å². The molecule has 0 spiro atoms. The van der Waals surface area contributed by atoms with Gasteiger partial charge in [0.15, 0.2) is 0 Å². The Hall–Kier alpha value is -0.550. The van der Waals surface area contributed by atoms with Crippen LogP contribution < -0.4 is 5.32 Å². The number of anilines is 1. The van der Waals surface area contributed by atoms with E-state index in [1.165, 1.54) is 0 Å². The van der Waals surface area contributed by atoms with E-state index in [9.17, 15) is 4.79 Å².